The van der Waals surface area contributed by atoms with Gasteiger partial charge >= 0.3 is 0 Å². The van der Waals surface area contributed by atoms with Crippen molar-refractivity contribution in [2.24, 2.45) is 0 Å². The average molecular weight is 393 g/mol. The van der Waals surface area contributed by atoms with Crippen molar-refractivity contribution in [2.45, 2.75) is 76.1 Å². The molecule has 0 fully saturated rings. The zero-order valence-corrected chi connectivity index (χ0v) is 18.0. The van der Waals surface area contributed by atoms with E-state index in [0.717, 1.165) is 35.6 Å². The molecule has 1 unspecified atom stereocenters. The summed E-state index contributed by atoms with van der Waals surface area (Å²) in [5.41, 5.74) is 1.57. The molecule has 3 nitrogen and oxygen atoms in total. The molecule has 0 aliphatic carbocycles. The lowest BCUT2D eigenvalue weighted by Crippen LogP contribution is -2.37. The Morgan fingerprint density at radius 3 is 2.38 bits per heavy atom. The van der Waals surface area contributed by atoms with E-state index >= 15 is 0 Å². The molecule has 0 radical (unpaired) electrons. The second-order valence-corrected chi connectivity index (χ2v) is 8.93. The first-order chi connectivity index (χ1) is 12.3. The van der Waals surface area contributed by atoms with Crippen LogP contribution in [-0.2, 0) is 11.3 Å². The zero-order valence-electron chi connectivity index (χ0n) is 16.4. The summed E-state index contributed by atoms with van der Waals surface area (Å²) in [4.78, 5) is 12.8. The monoisotopic (exact) mass is 392 g/mol. The van der Waals surface area contributed by atoms with E-state index in [1.54, 1.807) is 11.8 Å². The lowest BCUT2D eigenvalue weighted by atomic mass is 9.93. The van der Waals surface area contributed by atoms with Crippen LogP contribution in [0.1, 0.15) is 70.9 Å². The molecule has 26 heavy (non-hydrogen) atoms. The molecule has 1 heterocycles. The lowest BCUT2D eigenvalue weighted by Gasteiger charge is -2.25. The standard InChI is InChI=1S/C21H29ClN2OS/c1-6-11-16(7-2)17-18(22)20(25)24(21(3,4)5)23-19(17)26-14-15-12-9-8-10-13-15/h8-10,12-13,16H,6-7,11,14H2,1-5H3. The molecular weight excluding hydrogens is 364 g/mol. The normalized spacial score (nSPS) is 13.0. The molecule has 0 bridgehead atoms. The SMILES string of the molecule is CCCC(CC)c1c(SCc2ccccc2)nn(C(C)(C)C)c(=O)c1Cl. The molecule has 0 aliphatic rings. The smallest absolute Gasteiger partial charge is 0.266 e. The topological polar surface area (TPSA) is 34.9 Å². The van der Waals surface area contributed by atoms with E-state index in [1.807, 2.05) is 39.0 Å². The van der Waals surface area contributed by atoms with Gasteiger partial charge in [0.2, 0.25) is 0 Å². The number of rotatable bonds is 7. The second-order valence-electron chi connectivity index (χ2n) is 7.59. The minimum atomic E-state index is -0.409. The number of benzene rings is 1. The van der Waals surface area contributed by atoms with Gasteiger partial charge in [-0.15, -0.1) is 0 Å². The Morgan fingerprint density at radius 2 is 1.85 bits per heavy atom. The molecule has 1 atom stereocenters. The number of hydrogen-bond acceptors (Lipinski definition) is 3. The van der Waals surface area contributed by atoms with E-state index in [9.17, 15) is 4.79 Å². The fourth-order valence-corrected chi connectivity index (χ4v) is 4.47. The third kappa shape index (κ3) is 4.92. The summed E-state index contributed by atoms with van der Waals surface area (Å²) in [6.45, 7) is 10.2. The maximum absolute atomic E-state index is 12.8. The molecule has 0 spiro atoms. The van der Waals surface area contributed by atoms with Crippen LogP contribution in [0.5, 0.6) is 0 Å². The van der Waals surface area contributed by atoms with Crippen molar-refractivity contribution >= 4 is 23.4 Å². The summed E-state index contributed by atoms with van der Waals surface area (Å²) in [7, 11) is 0. The van der Waals surface area contributed by atoms with Gasteiger partial charge in [0.05, 0.1) is 5.54 Å². The zero-order chi connectivity index (χ0) is 19.3. The summed E-state index contributed by atoms with van der Waals surface area (Å²) in [5, 5.41) is 5.97. The molecule has 2 rings (SSSR count). The lowest BCUT2D eigenvalue weighted by molar-refractivity contribution is 0.326. The predicted molar refractivity (Wildman–Crippen MR) is 112 cm³/mol. The highest BCUT2D eigenvalue weighted by Gasteiger charge is 2.26. The van der Waals surface area contributed by atoms with E-state index in [1.165, 1.54) is 10.2 Å². The van der Waals surface area contributed by atoms with E-state index < -0.39 is 5.54 Å². The summed E-state index contributed by atoms with van der Waals surface area (Å²) in [6.07, 6.45) is 3.02. The third-order valence-corrected chi connectivity index (χ3v) is 5.85. The summed E-state index contributed by atoms with van der Waals surface area (Å²) >= 11 is 8.28. The van der Waals surface area contributed by atoms with Crippen molar-refractivity contribution in [1.82, 2.24) is 9.78 Å². The highest BCUT2D eigenvalue weighted by atomic mass is 35.5. The summed E-state index contributed by atoms with van der Waals surface area (Å²) in [6, 6.07) is 10.3. The van der Waals surface area contributed by atoms with Crippen LogP contribution in [0.2, 0.25) is 5.02 Å². The van der Waals surface area contributed by atoms with E-state index in [4.69, 9.17) is 16.7 Å². The van der Waals surface area contributed by atoms with Gasteiger partial charge in [0.15, 0.2) is 0 Å². The molecule has 5 heteroatoms. The first kappa shape index (κ1) is 21.0. The average Bonchev–Trinajstić information content (AvgIpc) is 2.61. The van der Waals surface area contributed by atoms with Crippen LogP contribution in [0.4, 0.5) is 0 Å². The van der Waals surface area contributed by atoms with Gasteiger partial charge in [-0.25, -0.2) is 4.68 Å². The third-order valence-electron chi connectivity index (χ3n) is 4.43. The Hall–Kier alpha value is -1.26. The van der Waals surface area contributed by atoms with Gasteiger partial charge in [-0.1, -0.05) is 74.0 Å². The molecule has 0 N–H and O–H groups in total. The number of hydrogen-bond donors (Lipinski definition) is 0. The van der Waals surface area contributed by atoms with Gasteiger partial charge in [0.25, 0.3) is 5.56 Å². The number of nitrogens with zero attached hydrogens (tertiary/aromatic N) is 2. The first-order valence-corrected chi connectivity index (χ1v) is 10.7. The minimum absolute atomic E-state index is 0.187. The van der Waals surface area contributed by atoms with Crippen LogP contribution in [0, 0.1) is 0 Å². The second kappa shape index (κ2) is 9.09. The van der Waals surface area contributed by atoms with Crippen molar-refractivity contribution in [3.05, 3.63) is 56.8 Å². The number of aromatic nitrogens is 2. The van der Waals surface area contributed by atoms with Crippen molar-refractivity contribution < 1.29 is 0 Å². The van der Waals surface area contributed by atoms with Crippen molar-refractivity contribution in [3.8, 4) is 0 Å². The van der Waals surface area contributed by atoms with Crippen molar-refractivity contribution in [1.29, 1.82) is 0 Å². The molecule has 1 aromatic carbocycles. The van der Waals surface area contributed by atoms with Gasteiger partial charge in [-0.2, -0.15) is 5.10 Å². The molecule has 0 saturated carbocycles. The Labute approximate surface area is 166 Å². The van der Waals surface area contributed by atoms with E-state index in [0.29, 0.717) is 5.02 Å². The van der Waals surface area contributed by atoms with Crippen LogP contribution < -0.4 is 5.56 Å². The Morgan fingerprint density at radius 1 is 1.19 bits per heavy atom. The Bertz CT molecular complexity index is 781. The van der Waals surface area contributed by atoms with Gasteiger partial charge in [0, 0.05) is 11.3 Å². The summed E-state index contributed by atoms with van der Waals surface area (Å²) in [5.74, 6) is 1.07. The molecule has 0 aliphatic heterocycles. The van der Waals surface area contributed by atoms with Gasteiger partial charge in [-0.3, -0.25) is 4.79 Å². The van der Waals surface area contributed by atoms with Crippen LogP contribution in [0.25, 0.3) is 0 Å². The largest absolute Gasteiger partial charge is 0.286 e. The maximum atomic E-state index is 12.8. The maximum Gasteiger partial charge on any atom is 0.286 e. The van der Waals surface area contributed by atoms with Gasteiger partial charge < -0.3 is 0 Å². The molecular formula is C21H29ClN2OS. The predicted octanol–water partition coefficient (Wildman–Crippen LogP) is 6.24. The molecule has 0 saturated heterocycles. The fourth-order valence-electron chi connectivity index (χ4n) is 3.03. The molecule has 142 valence electrons. The highest BCUT2D eigenvalue weighted by molar-refractivity contribution is 7.98. The fraction of sp³-hybridized carbons (Fsp3) is 0.524. The van der Waals surface area contributed by atoms with Crippen LogP contribution in [0.3, 0.4) is 0 Å². The number of halogens is 1. The van der Waals surface area contributed by atoms with Crippen LogP contribution in [0.15, 0.2) is 40.2 Å². The summed E-state index contributed by atoms with van der Waals surface area (Å²) < 4.78 is 1.53. The van der Waals surface area contributed by atoms with Crippen molar-refractivity contribution in [3.63, 3.8) is 0 Å². The van der Waals surface area contributed by atoms with Crippen molar-refractivity contribution in [2.75, 3.05) is 0 Å². The van der Waals surface area contributed by atoms with E-state index in [-0.39, 0.29) is 11.5 Å². The molecule has 1 aromatic heterocycles. The van der Waals surface area contributed by atoms with Crippen LogP contribution in [-0.4, -0.2) is 9.78 Å². The molecule has 0 amide bonds. The van der Waals surface area contributed by atoms with E-state index in [2.05, 4.69) is 26.0 Å². The van der Waals surface area contributed by atoms with Crippen LogP contribution >= 0.6 is 23.4 Å². The quantitative estimate of drug-likeness (QED) is 0.523. The Balaban J connectivity index is 2.53. The Kier molecular flexibility index (Phi) is 7.36. The number of thioether (sulfide) groups is 1. The molecule has 2 aromatic rings. The van der Waals surface area contributed by atoms with Gasteiger partial charge in [0.1, 0.15) is 10.0 Å². The minimum Gasteiger partial charge on any atom is -0.266 e. The van der Waals surface area contributed by atoms with Gasteiger partial charge in [-0.05, 0) is 45.1 Å². The highest BCUT2D eigenvalue weighted by Crippen LogP contribution is 2.37. The first-order valence-electron chi connectivity index (χ1n) is 9.29.